The lowest BCUT2D eigenvalue weighted by molar-refractivity contribution is 0.0953. The third-order valence-corrected chi connectivity index (χ3v) is 3.34. The van der Waals surface area contributed by atoms with Crippen molar-refractivity contribution in [3.8, 4) is 0 Å². The summed E-state index contributed by atoms with van der Waals surface area (Å²) in [6.45, 7) is 4.82. The van der Waals surface area contributed by atoms with Crippen LogP contribution in [0.3, 0.4) is 0 Å². The van der Waals surface area contributed by atoms with Gasteiger partial charge in [0.05, 0.1) is 0 Å². The first kappa shape index (κ1) is 14.5. The second kappa shape index (κ2) is 7.69. The second-order valence-electron chi connectivity index (χ2n) is 4.38. The molecule has 0 aliphatic carbocycles. The fourth-order valence-corrected chi connectivity index (χ4v) is 2.35. The number of benzene rings is 1. The van der Waals surface area contributed by atoms with Crippen LogP contribution in [-0.2, 0) is 0 Å². The number of carbonyl (C=O) groups is 1. The minimum absolute atomic E-state index is 0.0475. The predicted molar refractivity (Wildman–Crippen MR) is 81.0 cm³/mol. The van der Waals surface area contributed by atoms with Gasteiger partial charge in [-0.05, 0) is 43.2 Å². The van der Waals surface area contributed by atoms with Gasteiger partial charge >= 0.3 is 0 Å². The summed E-state index contributed by atoms with van der Waals surface area (Å²) in [4.78, 5) is 11.9. The van der Waals surface area contributed by atoms with Gasteiger partial charge in [0.15, 0.2) is 0 Å². The monoisotopic (exact) mass is 345 g/mol. The largest absolute Gasteiger partial charge is 0.352 e. The van der Waals surface area contributed by atoms with Crippen LogP contribution < -0.4 is 5.32 Å². The molecule has 2 nitrogen and oxygen atoms in total. The second-order valence-corrected chi connectivity index (χ2v) is 5.46. The zero-order valence-corrected chi connectivity index (χ0v) is 12.7. The first-order valence-electron chi connectivity index (χ1n) is 6.06. The lowest BCUT2D eigenvalue weighted by Gasteiger charge is -2.06. The molecule has 17 heavy (non-hydrogen) atoms. The molecular formula is C14H20INO. The molecule has 0 aromatic heterocycles. The Labute approximate surface area is 117 Å². The van der Waals surface area contributed by atoms with Crippen LogP contribution in [0.15, 0.2) is 18.2 Å². The standard InChI is InChI=1S/C14H20INO/c1-11-8-12(2)10-13(9-11)14(17)16-7-5-3-4-6-15/h8-10H,3-7H2,1-2H3,(H,16,17). The number of aryl methyl sites for hydroxylation is 2. The summed E-state index contributed by atoms with van der Waals surface area (Å²) >= 11 is 2.38. The van der Waals surface area contributed by atoms with Crippen LogP contribution in [0, 0.1) is 13.8 Å². The summed E-state index contributed by atoms with van der Waals surface area (Å²) in [5.41, 5.74) is 3.05. The quantitative estimate of drug-likeness (QED) is 0.476. The molecule has 0 radical (unpaired) electrons. The van der Waals surface area contributed by atoms with E-state index < -0.39 is 0 Å². The fraction of sp³-hybridized carbons (Fsp3) is 0.500. The van der Waals surface area contributed by atoms with E-state index in [0.29, 0.717) is 0 Å². The number of amides is 1. The van der Waals surface area contributed by atoms with Crippen molar-refractivity contribution >= 4 is 28.5 Å². The number of unbranched alkanes of at least 4 members (excludes halogenated alkanes) is 2. The van der Waals surface area contributed by atoms with Crippen molar-refractivity contribution in [3.05, 3.63) is 34.9 Å². The zero-order valence-electron chi connectivity index (χ0n) is 10.6. The van der Waals surface area contributed by atoms with Crippen molar-refractivity contribution in [1.29, 1.82) is 0 Å². The molecule has 0 aliphatic heterocycles. The lowest BCUT2D eigenvalue weighted by Crippen LogP contribution is -2.24. The summed E-state index contributed by atoms with van der Waals surface area (Å²) in [6, 6.07) is 5.96. The molecule has 0 saturated carbocycles. The molecule has 3 heteroatoms. The van der Waals surface area contributed by atoms with E-state index in [2.05, 4.69) is 34.0 Å². The number of nitrogens with one attached hydrogen (secondary N) is 1. The molecule has 1 aromatic carbocycles. The Balaban J connectivity index is 2.41. The normalized spacial score (nSPS) is 10.3. The van der Waals surface area contributed by atoms with Crippen molar-refractivity contribution in [2.75, 3.05) is 11.0 Å². The maximum absolute atomic E-state index is 11.9. The maximum Gasteiger partial charge on any atom is 0.251 e. The van der Waals surface area contributed by atoms with Crippen molar-refractivity contribution in [2.45, 2.75) is 33.1 Å². The highest BCUT2D eigenvalue weighted by atomic mass is 127. The molecular weight excluding hydrogens is 325 g/mol. The molecule has 1 rings (SSSR count). The van der Waals surface area contributed by atoms with Gasteiger partial charge in [-0.1, -0.05) is 46.2 Å². The van der Waals surface area contributed by atoms with Gasteiger partial charge in [0.25, 0.3) is 5.91 Å². The minimum atomic E-state index is 0.0475. The molecule has 0 atom stereocenters. The van der Waals surface area contributed by atoms with E-state index in [1.807, 2.05) is 26.0 Å². The third-order valence-electron chi connectivity index (χ3n) is 2.58. The summed E-state index contributed by atoms with van der Waals surface area (Å²) in [7, 11) is 0. The SMILES string of the molecule is Cc1cc(C)cc(C(=O)NCCCCCI)c1. The van der Waals surface area contributed by atoms with Gasteiger partial charge in [0.2, 0.25) is 0 Å². The van der Waals surface area contributed by atoms with E-state index in [1.54, 1.807) is 0 Å². The van der Waals surface area contributed by atoms with E-state index in [-0.39, 0.29) is 5.91 Å². The average molecular weight is 345 g/mol. The lowest BCUT2D eigenvalue weighted by atomic mass is 10.1. The van der Waals surface area contributed by atoms with E-state index in [4.69, 9.17) is 0 Å². The van der Waals surface area contributed by atoms with E-state index in [0.717, 1.165) is 29.7 Å². The van der Waals surface area contributed by atoms with Crippen LogP contribution in [-0.4, -0.2) is 16.9 Å². The first-order valence-corrected chi connectivity index (χ1v) is 7.58. The molecule has 1 amide bonds. The van der Waals surface area contributed by atoms with Crippen LogP contribution in [0.4, 0.5) is 0 Å². The number of rotatable bonds is 6. The highest BCUT2D eigenvalue weighted by Crippen LogP contribution is 2.08. The van der Waals surface area contributed by atoms with Gasteiger partial charge in [0, 0.05) is 12.1 Å². The molecule has 1 aromatic rings. The number of alkyl halides is 1. The minimum Gasteiger partial charge on any atom is -0.352 e. The van der Waals surface area contributed by atoms with E-state index in [1.165, 1.54) is 17.3 Å². The van der Waals surface area contributed by atoms with Crippen LogP contribution in [0.2, 0.25) is 0 Å². The van der Waals surface area contributed by atoms with Crippen LogP contribution in [0.1, 0.15) is 40.7 Å². The molecule has 0 bridgehead atoms. The Kier molecular flexibility index (Phi) is 6.55. The fourth-order valence-electron chi connectivity index (χ4n) is 1.81. The van der Waals surface area contributed by atoms with E-state index in [9.17, 15) is 4.79 Å². The molecule has 0 saturated heterocycles. The van der Waals surface area contributed by atoms with Crippen molar-refractivity contribution in [1.82, 2.24) is 5.32 Å². The van der Waals surface area contributed by atoms with Gasteiger partial charge < -0.3 is 5.32 Å². The maximum atomic E-state index is 11.9. The number of carbonyl (C=O) groups excluding carboxylic acids is 1. The molecule has 0 unspecified atom stereocenters. The van der Waals surface area contributed by atoms with Gasteiger partial charge in [-0.3, -0.25) is 4.79 Å². The smallest absolute Gasteiger partial charge is 0.251 e. The summed E-state index contributed by atoms with van der Waals surface area (Å²) in [5, 5.41) is 2.97. The van der Waals surface area contributed by atoms with E-state index >= 15 is 0 Å². The Morgan fingerprint density at radius 3 is 2.35 bits per heavy atom. The highest BCUT2D eigenvalue weighted by molar-refractivity contribution is 14.1. The van der Waals surface area contributed by atoms with Crippen molar-refractivity contribution in [2.24, 2.45) is 0 Å². The number of hydrogen-bond donors (Lipinski definition) is 1. The molecule has 0 fully saturated rings. The first-order chi connectivity index (χ1) is 8.13. The van der Waals surface area contributed by atoms with Crippen molar-refractivity contribution in [3.63, 3.8) is 0 Å². The van der Waals surface area contributed by atoms with Crippen LogP contribution >= 0.6 is 22.6 Å². The highest BCUT2D eigenvalue weighted by Gasteiger charge is 2.05. The Bertz CT molecular complexity index is 356. The molecule has 94 valence electrons. The molecule has 0 heterocycles. The predicted octanol–water partition coefficient (Wildman–Crippen LogP) is 3.64. The van der Waals surface area contributed by atoms with Gasteiger partial charge in [-0.25, -0.2) is 0 Å². The van der Waals surface area contributed by atoms with Crippen LogP contribution in [0.25, 0.3) is 0 Å². The third kappa shape index (κ3) is 5.52. The summed E-state index contributed by atoms with van der Waals surface area (Å²) < 4.78 is 1.20. The topological polar surface area (TPSA) is 29.1 Å². The Morgan fingerprint density at radius 1 is 1.12 bits per heavy atom. The number of halogens is 1. The van der Waals surface area contributed by atoms with Gasteiger partial charge in [-0.2, -0.15) is 0 Å². The summed E-state index contributed by atoms with van der Waals surface area (Å²) in [6.07, 6.45) is 3.50. The number of hydrogen-bond acceptors (Lipinski definition) is 1. The molecule has 1 N–H and O–H groups in total. The van der Waals surface area contributed by atoms with Gasteiger partial charge in [-0.15, -0.1) is 0 Å². The zero-order chi connectivity index (χ0) is 12.7. The molecule has 0 aliphatic rings. The average Bonchev–Trinajstić information content (AvgIpc) is 2.27. The van der Waals surface area contributed by atoms with Crippen molar-refractivity contribution < 1.29 is 4.79 Å². The molecule has 0 spiro atoms. The Hall–Kier alpha value is -0.580. The summed E-state index contributed by atoms with van der Waals surface area (Å²) in [5.74, 6) is 0.0475. The van der Waals surface area contributed by atoms with Gasteiger partial charge in [0.1, 0.15) is 0 Å². The van der Waals surface area contributed by atoms with Crippen LogP contribution in [0.5, 0.6) is 0 Å². The Morgan fingerprint density at radius 2 is 1.76 bits per heavy atom.